The van der Waals surface area contributed by atoms with Crippen molar-refractivity contribution in [3.8, 4) is 0 Å². The Morgan fingerprint density at radius 2 is 1.81 bits per heavy atom. The van der Waals surface area contributed by atoms with Gasteiger partial charge in [0.05, 0.1) is 0 Å². The molecule has 0 fully saturated rings. The van der Waals surface area contributed by atoms with E-state index >= 15 is 0 Å². The van der Waals surface area contributed by atoms with Crippen LogP contribution in [0.4, 0.5) is 5.69 Å². The van der Waals surface area contributed by atoms with Gasteiger partial charge in [-0.3, -0.25) is 9.59 Å². The summed E-state index contributed by atoms with van der Waals surface area (Å²) in [6.45, 7) is 10.6. The number of rotatable bonds is 5. The molecule has 1 N–H and O–H groups in total. The maximum absolute atomic E-state index is 12.3. The fraction of sp³-hybridized carbons (Fsp3) is 0.412. The smallest absolute Gasteiger partial charge is 0.253 e. The summed E-state index contributed by atoms with van der Waals surface area (Å²) >= 11 is 0. The zero-order chi connectivity index (χ0) is 16.0. The van der Waals surface area contributed by atoms with Gasteiger partial charge in [-0.25, -0.2) is 0 Å². The third-order valence-electron chi connectivity index (χ3n) is 3.13. The molecule has 1 aromatic carbocycles. The molecular formula is C17H24N2O2. The first-order chi connectivity index (χ1) is 9.73. The van der Waals surface area contributed by atoms with Gasteiger partial charge in [-0.1, -0.05) is 27.4 Å². The highest BCUT2D eigenvalue weighted by atomic mass is 16.2. The Morgan fingerprint density at radius 3 is 2.29 bits per heavy atom. The Labute approximate surface area is 126 Å². The number of nitrogens with one attached hydrogen (secondary N) is 1. The monoisotopic (exact) mass is 288 g/mol. The fourth-order valence-corrected chi connectivity index (χ4v) is 1.71. The van der Waals surface area contributed by atoms with Crippen molar-refractivity contribution >= 4 is 17.5 Å². The SMILES string of the molecule is C=CC(=O)Nc1ccc(C(=O)N(C)CCC(C)(C)C)cc1. The summed E-state index contributed by atoms with van der Waals surface area (Å²) in [6, 6.07) is 6.86. The minimum absolute atomic E-state index is 0.0131. The lowest BCUT2D eigenvalue weighted by molar-refractivity contribution is -0.111. The molecule has 0 bridgehead atoms. The van der Waals surface area contributed by atoms with E-state index in [0.717, 1.165) is 13.0 Å². The van der Waals surface area contributed by atoms with Crippen molar-refractivity contribution in [2.75, 3.05) is 18.9 Å². The van der Waals surface area contributed by atoms with E-state index in [1.165, 1.54) is 6.08 Å². The van der Waals surface area contributed by atoms with E-state index < -0.39 is 0 Å². The van der Waals surface area contributed by atoms with E-state index in [1.54, 1.807) is 29.2 Å². The van der Waals surface area contributed by atoms with Crippen molar-refractivity contribution in [2.45, 2.75) is 27.2 Å². The Bertz CT molecular complexity index is 513. The number of carbonyl (C=O) groups is 2. The predicted molar refractivity (Wildman–Crippen MR) is 86.3 cm³/mol. The van der Waals surface area contributed by atoms with Crippen LogP contribution in [0, 0.1) is 5.41 Å². The summed E-state index contributed by atoms with van der Waals surface area (Å²) < 4.78 is 0. The molecule has 4 heteroatoms. The number of nitrogens with zero attached hydrogens (tertiary/aromatic N) is 1. The molecule has 0 aliphatic rings. The number of benzene rings is 1. The van der Waals surface area contributed by atoms with Crippen LogP contribution in [0.1, 0.15) is 37.6 Å². The molecule has 2 amide bonds. The van der Waals surface area contributed by atoms with E-state index in [9.17, 15) is 9.59 Å². The van der Waals surface area contributed by atoms with Crippen LogP contribution in [-0.4, -0.2) is 30.3 Å². The molecule has 0 aromatic heterocycles. The van der Waals surface area contributed by atoms with Gasteiger partial charge >= 0.3 is 0 Å². The number of hydrogen-bond acceptors (Lipinski definition) is 2. The maximum Gasteiger partial charge on any atom is 0.253 e. The first-order valence-electron chi connectivity index (χ1n) is 7.02. The molecular weight excluding hydrogens is 264 g/mol. The van der Waals surface area contributed by atoms with Crippen LogP contribution in [0.3, 0.4) is 0 Å². The van der Waals surface area contributed by atoms with Crippen LogP contribution in [0.5, 0.6) is 0 Å². The van der Waals surface area contributed by atoms with Crippen LogP contribution in [0.15, 0.2) is 36.9 Å². The molecule has 1 aromatic rings. The van der Waals surface area contributed by atoms with Crippen molar-refractivity contribution < 1.29 is 9.59 Å². The van der Waals surface area contributed by atoms with Crippen molar-refractivity contribution in [3.63, 3.8) is 0 Å². The van der Waals surface area contributed by atoms with Gasteiger partial charge in [0.15, 0.2) is 0 Å². The minimum atomic E-state index is -0.267. The average molecular weight is 288 g/mol. The van der Waals surface area contributed by atoms with E-state index in [1.807, 2.05) is 7.05 Å². The largest absolute Gasteiger partial charge is 0.342 e. The molecule has 0 unspecified atom stereocenters. The molecule has 0 aliphatic heterocycles. The zero-order valence-corrected chi connectivity index (χ0v) is 13.3. The van der Waals surface area contributed by atoms with Gasteiger partial charge in [-0.2, -0.15) is 0 Å². The predicted octanol–water partition coefficient (Wildman–Crippen LogP) is 3.32. The molecule has 114 valence electrons. The number of hydrogen-bond donors (Lipinski definition) is 1. The second kappa shape index (κ2) is 7.07. The molecule has 0 aliphatic carbocycles. The summed E-state index contributed by atoms with van der Waals surface area (Å²) in [5.74, 6) is -0.280. The minimum Gasteiger partial charge on any atom is -0.342 e. The second-order valence-electron chi connectivity index (χ2n) is 6.31. The van der Waals surface area contributed by atoms with Gasteiger partial charge < -0.3 is 10.2 Å². The number of anilines is 1. The van der Waals surface area contributed by atoms with Gasteiger partial charge in [-0.15, -0.1) is 0 Å². The van der Waals surface area contributed by atoms with Gasteiger partial charge in [0.2, 0.25) is 5.91 Å². The highest BCUT2D eigenvalue weighted by Crippen LogP contribution is 2.19. The summed E-state index contributed by atoms with van der Waals surface area (Å²) in [4.78, 5) is 25.2. The summed E-state index contributed by atoms with van der Waals surface area (Å²) in [6.07, 6.45) is 2.15. The molecule has 0 heterocycles. The lowest BCUT2D eigenvalue weighted by Crippen LogP contribution is -2.30. The first-order valence-corrected chi connectivity index (χ1v) is 7.02. The molecule has 0 radical (unpaired) electrons. The molecule has 21 heavy (non-hydrogen) atoms. The Morgan fingerprint density at radius 1 is 1.24 bits per heavy atom. The number of amides is 2. The highest BCUT2D eigenvalue weighted by molar-refractivity contribution is 5.99. The molecule has 1 rings (SSSR count). The Kier molecular flexibility index (Phi) is 5.70. The summed E-state index contributed by atoms with van der Waals surface area (Å²) in [5.41, 5.74) is 1.46. The van der Waals surface area contributed by atoms with Crippen LogP contribution in [0.25, 0.3) is 0 Å². The fourth-order valence-electron chi connectivity index (χ4n) is 1.71. The lowest BCUT2D eigenvalue weighted by Gasteiger charge is -2.23. The van der Waals surface area contributed by atoms with Crippen LogP contribution in [-0.2, 0) is 4.79 Å². The summed E-state index contributed by atoms with van der Waals surface area (Å²) in [7, 11) is 1.81. The van der Waals surface area contributed by atoms with Crippen molar-refractivity contribution in [1.29, 1.82) is 0 Å². The molecule has 0 spiro atoms. The van der Waals surface area contributed by atoms with Gasteiger partial charge in [0.1, 0.15) is 0 Å². The quantitative estimate of drug-likeness (QED) is 0.845. The first kappa shape index (κ1) is 17.0. The number of carbonyl (C=O) groups excluding carboxylic acids is 2. The van der Waals surface area contributed by atoms with E-state index in [0.29, 0.717) is 11.3 Å². The maximum atomic E-state index is 12.3. The van der Waals surface area contributed by atoms with E-state index in [4.69, 9.17) is 0 Å². The van der Waals surface area contributed by atoms with Crippen molar-refractivity contribution in [1.82, 2.24) is 4.90 Å². The standard InChI is InChI=1S/C17H24N2O2/c1-6-15(20)18-14-9-7-13(8-10-14)16(21)19(5)12-11-17(2,3)4/h6-10H,1,11-12H2,2-5H3,(H,18,20). The van der Waals surface area contributed by atoms with Crippen LogP contribution in [0.2, 0.25) is 0 Å². The highest BCUT2D eigenvalue weighted by Gasteiger charge is 2.16. The topological polar surface area (TPSA) is 49.4 Å². The Hall–Kier alpha value is -2.10. The molecule has 0 saturated heterocycles. The second-order valence-corrected chi connectivity index (χ2v) is 6.31. The van der Waals surface area contributed by atoms with Gasteiger partial charge in [-0.05, 0) is 42.2 Å². The van der Waals surface area contributed by atoms with Crippen molar-refractivity contribution in [3.05, 3.63) is 42.5 Å². The van der Waals surface area contributed by atoms with Crippen LogP contribution < -0.4 is 5.32 Å². The lowest BCUT2D eigenvalue weighted by atomic mass is 9.92. The van der Waals surface area contributed by atoms with Gasteiger partial charge in [0, 0.05) is 24.8 Å². The molecule has 0 saturated carbocycles. The normalized spacial score (nSPS) is 10.9. The Balaban J connectivity index is 2.66. The average Bonchev–Trinajstić information content (AvgIpc) is 2.43. The van der Waals surface area contributed by atoms with Crippen LogP contribution >= 0.6 is 0 Å². The van der Waals surface area contributed by atoms with Gasteiger partial charge in [0.25, 0.3) is 5.91 Å². The van der Waals surface area contributed by atoms with E-state index in [-0.39, 0.29) is 17.2 Å². The third-order valence-corrected chi connectivity index (χ3v) is 3.13. The molecule has 0 atom stereocenters. The third kappa shape index (κ3) is 5.81. The molecule has 4 nitrogen and oxygen atoms in total. The van der Waals surface area contributed by atoms with E-state index in [2.05, 4.69) is 32.7 Å². The summed E-state index contributed by atoms with van der Waals surface area (Å²) in [5, 5.41) is 2.65. The van der Waals surface area contributed by atoms with Crippen molar-refractivity contribution in [2.24, 2.45) is 5.41 Å². The zero-order valence-electron chi connectivity index (χ0n) is 13.3.